The summed E-state index contributed by atoms with van der Waals surface area (Å²) in [7, 11) is 0. The summed E-state index contributed by atoms with van der Waals surface area (Å²) in [5.74, 6) is 0.115. The van der Waals surface area contributed by atoms with Crippen molar-refractivity contribution in [1.82, 2.24) is 0 Å². The van der Waals surface area contributed by atoms with E-state index in [0.717, 1.165) is 37.2 Å². The van der Waals surface area contributed by atoms with E-state index in [1.54, 1.807) is 0 Å². The zero-order chi connectivity index (χ0) is 17.2. The van der Waals surface area contributed by atoms with E-state index >= 15 is 0 Å². The smallest absolute Gasteiger partial charge is 0.235 e. The molecule has 3 rings (SSSR count). The molecule has 0 saturated heterocycles. The number of hydrogen-bond donors (Lipinski definition) is 1. The van der Waals surface area contributed by atoms with Gasteiger partial charge in [0, 0.05) is 24.5 Å². The SMILES string of the molecule is CCN(CC)c1ccc(NC(=O)C2(c3cccc(C)c3)CC2)cc1. The van der Waals surface area contributed by atoms with Gasteiger partial charge in [-0.2, -0.15) is 0 Å². The van der Waals surface area contributed by atoms with E-state index in [1.165, 1.54) is 11.3 Å². The van der Waals surface area contributed by atoms with Gasteiger partial charge in [-0.25, -0.2) is 0 Å². The zero-order valence-electron chi connectivity index (χ0n) is 14.8. The molecule has 2 aromatic carbocycles. The molecule has 3 nitrogen and oxygen atoms in total. The number of amides is 1. The molecule has 1 N–H and O–H groups in total. The molecule has 3 heteroatoms. The van der Waals surface area contributed by atoms with Gasteiger partial charge in [-0.15, -0.1) is 0 Å². The Labute approximate surface area is 144 Å². The van der Waals surface area contributed by atoms with E-state index in [9.17, 15) is 4.79 Å². The first-order valence-corrected chi connectivity index (χ1v) is 8.82. The molecule has 0 aromatic heterocycles. The van der Waals surface area contributed by atoms with Crippen LogP contribution in [0.4, 0.5) is 11.4 Å². The standard InChI is InChI=1S/C21H26N2O/c1-4-23(5-2)19-11-9-18(10-12-19)22-20(24)21(13-14-21)17-8-6-7-16(3)15-17/h6-12,15H,4-5,13-14H2,1-3H3,(H,22,24). The lowest BCUT2D eigenvalue weighted by molar-refractivity contribution is -0.118. The Balaban J connectivity index is 1.73. The van der Waals surface area contributed by atoms with Gasteiger partial charge in [0.2, 0.25) is 5.91 Å². The molecule has 24 heavy (non-hydrogen) atoms. The minimum Gasteiger partial charge on any atom is -0.372 e. The fourth-order valence-electron chi connectivity index (χ4n) is 3.31. The summed E-state index contributed by atoms with van der Waals surface area (Å²) in [6.45, 7) is 8.34. The van der Waals surface area contributed by atoms with Crippen molar-refractivity contribution in [2.45, 2.75) is 39.0 Å². The van der Waals surface area contributed by atoms with Gasteiger partial charge in [-0.1, -0.05) is 29.8 Å². The van der Waals surface area contributed by atoms with Crippen LogP contribution < -0.4 is 10.2 Å². The van der Waals surface area contributed by atoms with Crippen molar-refractivity contribution < 1.29 is 4.79 Å². The lowest BCUT2D eigenvalue weighted by atomic mass is 9.93. The molecule has 126 valence electrons. The molecule has 0 radical (unpaired) electrons. The summed E-state index contributed by atoms with van der Waals surface area (Å²) in [4.78, 5) is 15.1. The third-order valence-electron chi connectivity index (χ3n) is 5.01. The highest BCUT2D eigenvalue weighted by Crippen LogP contribution is 2.49. The third kappa shape index (κ3) is 3.16. The monoisotopic (exact) mass is 322 g/mol. The van der Waals surface area contributed by atoms with Gasteiger partial charge in [0.15, 0.2) is 0 Å². The number of nitrogens with zero attached hydrogens (tertiary/aromatic N) is 1. The molecule has 0 atom stereocenters. The van der Waals surface area contributed by atoms with Crippen LogP contribution in [0, 0.1) is 6.92 Å². The Kier molecular flexibility index (Phi) is 4.61. The highest BCUT2D eigenvalue weighted by Gasteiger charge is 2.51. The van der Waals surface area contributed by atoms with Gasteiger partial charge in [-0.3, -0.25) is 4.79 Å². The Bertz CT molecular complexity index is 713. The molecular weight excluding hydrogens is 296 g/mol. The average Bonchev–Trinajstić information content (AvgIpc) is 3.39. The molecule has 0 spiro atoms. The number of carbonyl (C=O) groups is 1. The molecule has 1 fully saturated rings. The Morgan fingerprint density at radius 1 is 1.08 bits per heavy atom. The van der Waals surface area contributed by atoms with E-state index in [2.05, 4.69) is 61.3 Å². The minimum absolute atomic E-state index is 0.115. The van der Waals surface area contributed by atoms with Crippen LogP contribution in [0.1, 0.15) is 37.8 Å². The topological polar surface area (TPSA) is 32.3 Å². The third-order valence-corrected chi connectivity index (χ3v) is 5.01. The van der Waals surface area contributed by atoms with E-state index in [1.807, 2.05) is 18.2 Å². The van der Waals surface area contributed by atoms with Crippen LogP contribution in [0.15, 0.2) is 48.5 Å². The Hall–Kier alpha value is -2.29. The van der Waals surface area contributed by atoms with Crippen LogP contribution in [0.3, 0.4) is 0 Å². The molecule has 1 aliphatic rings. The summed E-state index contributed by atoms with van der Waals surface area (Å²) in [5, 5.41) is 3.11. The van der Waals surface area contributed by atoms with Gasteiger partial charge in [0.25, 0.3) is 0 Å². The predicted molar refractivity (Wildman–Crippen MR) is 101 cm³/mol. The second kappa shape index (κ2) is 6.68. The number of benzene rings is 2. The van der Waals surface area contributed by atoms with Gasteiger partial charge in [-0.05, 0) is 63.4 Å². The molecule has 0 heterocycles. The number of anilines is 2. The van der Waals surface area contributed by atoms with Crippen molar-refractivity contribution in [1.29, 1.82) is 0 Å². The highest BCUT2D eigenvalue weighted by molar-refractivity contribution is 6.01. The number of rotatable bonds is 6. The first kappa shape index (κ1) is 16.6. The number of aryl methyl sites for hydroxylation is 1. The van der Waals surface area contributed by atoms with Crippen LogP contribution in [0.25, 0.3) is 0 Å². The molecule has 1 aliphatic carbocycles. The molecule has 0 aliphatic heterocycles. The first-order chi connectivity index (χ1) is 11.6. The van der Waals surface area contributed by atoms with Crippen molar-refractivity contribution >= 4 is 17.3 Å². The van der Waals surface area contributed by atoms with Crippen molar-refractivity contribution in [3.63, 3.8) is 0 Å². The summed E-state index contributed by atoms with van der Waals surface area (Å²) in [5.41, 5.74) is 4.08. The zero-order valence-corrected chi connectivity index (χ0v) is 14.8. The highest BCUT2D eigenvalue weighted by atomic mass is 16.2. The molecule has 0 bridgehead atoms. The van der Waals surface area contributed by atoms with Gasteiger partial charge in [0.05, 0.1) is 5.41 Å². The van der Waals surface area contributed by atoms with Crippen LogP contribution in [-0.2, 0) is 10.2 Å². The second-order valence-corrected chi connectivity index (χ2v) is 6.62. The van der Waals surface area contributed by atoms with Crippen LogP contribution in [0.2, 0.25) is 0 Å². The molecule has 2 aromatic rings. The lowest BCUT2D eigenvalue weighted by Crippen LogP contribution is -2.28. The largest absolute Gasteiger partial charge is 0.372 e. The molecule has 1 saturated carbocycles. The number of carbonyl (C=O) groups excluding carboxylic acids is 1. The summed E-state index contributed by atoms with van der Waals surface area (Å²) in [6.07, 6.45) is 1.86. The minimum atomic E-state index is -0.330. The van der Waals surface area contributed by atoms with Crippen LogP contribution >= 0.6 is 0 Å². The average molecular weight is 322 g/mol. The van der Waals surface area contributed by atoms with E-state index in [4.69, 9.17) is 0 Å². The van der Waals surface area contributed by atoms with E-state index in [0.29, 0.717) is 0 Å². The van der Waals surface area contributed by atoms with Gasteiger partial charge in [0.1, 0.15) is 0 Å². The maximum atomic E-state index is 12.8. The maximum absolute atomic E-state index is 12.8. The fourth-order valence-corrected chi connectivity index (χ4v) is 3.31. The molecule has 0 unspecified atom stereocenters. The number of nitrogens with one attached hydrogen (secondary N) is 1. The van der Waals surface area contributed by atoms with E-state index in [-0.39, 0.29) is 11.3 Å². The van der Waals surface area contributed by atoms with E-state index < -0.39 is 0 Å². The van der Waals surface area contributed by atoms with Crippen molar-refractivity contribution in [3.8, 4) is 0 Å². The first-order valence-electron chi connectivity index (χ1n) is 8.82. The van der Waals surface area contributed by atoms with Crippen molar-refractivity contribution in [2.24, 2.45) is 0 Å². The Morgan fingerprint density at radius 2 is 1.75 bits per heavy atom. The van der Waals surface area contributed by atoms with Gasteiger partial charge >= 0.3 is 0 Å². The van der Waals surface area contributed by atoms with Crippen LogP contribution in [-0.4, -0.2) is 19.0 Å². The normalized spacial score (nSPS) is 15.0. The molecule has 1 amide bonds. The van der Waals surface area contributed by atoms with Gasteiger partial charge < -0.3 is 10.2 Å². The quantitative estimate of drug-likeness (QED) is 0.848. The fraction of sp³-hybridized carbons (Fsp3) is 0.381. The maximum Gasteiger partial charge on any atom is 0.235 e. The van der Waals surface area contributed by atoms with Crippen molar-refractivity contribution in [2.75, 3.05) is 23.3 Å². The predicted octanol–water partition coefficient (Wildman–Crippen LogP) is 4.51. The number of hydrogen-bond acceptors (Lipinski definition) is 2. The summed E-state index contributed by atoms with van der Waals surface area (Å²) < 4.78 is 0. The van der Waals surface area contributed by atoms with Crippen LogP contribution in [0.5, 0.6) is 0 Å². The van der Waals surface area contributed by atoms with Crippen molar-refractivity contribution in [3.05, 3.63) is 59.7 Å². The summed E-state index contributed by atoms with van der Waals surface area (Å²) in [6, 6.07) is 16.5. The molecular formula is C21H26N2O. The second-order valence-electron chi connectivity index (χ2n) is 6.62. The Morgan fingerprint density at radius 3 is 2.29 bits per heavy atom. The lowest BCUT2D eigenvalue weighted by Gasteiger charge is -2.21. The summed E-state index contributed by atoms with van der Waals surface area (Å²) >= 11 is 0.